The van der Waals surface area contributed by atoms with Gasteiger partial charge in [-0.15, -0.1) is 46.2 Å². The SMILES string of the molecule is CC1=[C-]CC(C)=C1.CCc1ccc2c(c1)[cH-]c1cc(CC)ccc12.[Zr+2]=[C](c1ccccc1)c1ccccc1. The van der Waals surface area contributed by atoms with Gasteiger partial charge in [0.1, 0.15) is 0 Å². The van der Waals surface area contributed by atoms with Crippen LogP contribution in [0.25, 0.3) is 21.5 Å². The number of hydrogen-bond acceptors (Lipinski definition) is 0. The van der Waals surface area contributed by atoms with Gasteiger partial charge in [0.05, 0.1) is 0 Å². The zero-order valence-electron chi connectivity index (χ0n) is 23.0. The van der Waals surface area contributed by atoms with Crippen molar-refractivity contribution in [1.82, 2.24) is 0 Å². The molecule has 0 fully saturated rings. The molecule has 1 aliphatic carbocycles. The van der Waals surface area contributed by atoms with Gasteiger partial charge in [0.2, 0.25) is 0 Å². The second-order valence-corrected chi connectivity index (χ2v) is 11.1. The Kier molecular flexibility index (Phi) is 10.1. The summed E-state index contributed by atoms with van der Waals surface area (Å²) < 4.78 is 1.42. The van der Waals surface area contributed by atoms with Crippen molar-refractivity contribution in [3.63, 3.8) is 0 Å². The van der Waals surface area contributed by atoms with E-state index in [1.807, 2.05) is 0 Å². The van der Waals surface area contributed by atoms with Gasteiger partial charge in [-0.05, 0) is 12.8 Å². The van der Waals surface area contributed by atoms with Crippen molar-refractivity contribution in [2.45, 2.75) is 47.0 Å². The maximum absolute atomic E-state index is 3.19. The first-order valence-corrected chi connectivity index (χ1v) is 14.8. The van der Waals surface area contributed by atoms with E-state index in [0.29, 0.717) is 0 Å². The summed E-state index contributed by atoms with van der Waals surface area (Å²) in [5.74, 6) is 0. The van der Waals surface area contributed by atoms with E-state index in [1.54, 1.807) is 0 Å². The Morgan fingerprint density at radius 3 is 1.53 bits per heavy atom. The zero-order valence-corrected chi connectivity index (χ0v) is 25.5. The Morgan fingerprint density at radius 1 is 0.711 bits per heavy atom. The van der Waals surface area contributed by atoms with Crippen LogP contribution in [-0.2, 0) is 37.1 Å². The van der Waals surface area contributed by atoms with Gasteiger partial charge in [-0.1, -0.05) is 63.1 Å². The van der Waals surface area contributed by atoms with Gasteiger partial charge in [-0.2, -0.15) is 5.57 Å². The number of benzene rings is 4. The molecule has 0 spiro atoms. The molecular weight excluding hydrogens is 536 g/mol. The fourth-order valence-electron chi connectivity index (χ4n) is 4.69. The molecule has 0 radical (unpaired) electrons. The fraction of sp³-hybridized carbons (Fsp3) is 0.189. The molecular formula is C37H36Zr. The van der Waals surface area contributed by atoms with Gasteiger partial charge >= 0.3 is 99.2 Å². The van der Waals surface area contributed by atoms with E-state index in [9.17, 15) is 0 Å². The monoisotopic (exact) mass is 570 g/mol. The van der Waals surface area contributed by atoms with Gasteiger partial charge in [0.25, 0.3) is 0 Å². The maximum atomic E-state index is 3.19. The van der Waals surface area contributed by atoms with Crippen LogP contribution < -0.4 is 0 Å². The van der Waals surface area contributed by atoms with E-state index >= 15 is 0 Å². The zero-order chi connectivity index (χ0) is 26.9. The average molecular weight is 572 g/mol. The van der Waals surface area contributed by atoms with Gasteiger partial charge < -0.3 is 0 Å². The van der Waals surface area contributed by atoms with Crippen LogP contribution in [0.4, 0.5) is 0 Å². The predicted molar refractivity (Wildman–Crippen MR) is 163 cm³/mol. The summed E-state index contributed by atoms with van der Waals surface area (Å²) in [5.41, 5.74) is 8.22. The first-order valence-electron chi connectivity index (χ1n) is 13.5. The van der Waals surface area contributed by atoms with Crippen LogP contribution in [0.2, 0.25) is 0 Å². The third-order valence-corrected chi connectivity index (χ3v) is 8.30. The third-order valence-electron chi connectivity index (χ3n) is 6.88. The van der Waals surface area contributed by atoms with Crippen LogP contribution in [0.1, 0.15) is 56.4 Å². The van der Waals surface area contributed by atoms with E-state index in [2.05, 4.69) is 143 Å². The van der Waals surface area contributed by atoms with Crippen LogP contribution in [0.3, 0.4) is 0 Å². The van der Waals surface area contributed by atoms with Crippen molar-refractivity contribution < 1.29 is 24.2 Å². The van der Waals surface area contributed by atoms with Crippen molar-refractivity contribution >= 4 is 24.8 Å². The van der Waals surface area contributed by atoms with Gasteiger partial charge in [-0.3, -0.25) is 6.08 Å². The minimum atomic E-state index is 1.05. The van der Waals surface area contributed by atoms with Crippen LogP contribution in [-0.4, -0.2) is 3.21 Å². The molecule has 0 saturated carbocycles. The van der Waals surface area contributed by atoms with E-state index < -0.39 is 0 Å². The molecule has 0 aromatic heterocycles. The Bertz CT molecular complexity index is 1460. The standard InChI is InChI=1S/C17H17.C13H10.C7H9.Zr/c1-3-12-5-7-16-14(9-12)11-15-10-13(4-2)6-8-17(15)16;1-3-7-12(8-4-1)11-13-9-5-2-6-10-13;1-6-3-4-7(2)5-6;/h5-11H,3-4H2,1-2H3;1-10H;5H,3H2,1-2H3;/q-1;;-1;+2. The van der Waals surface area contributed by atoms with Gasteiger partial charge in [0.15, 0.2) is 0 Å². The summed E-state index contributed by atoms with van der Waals surface area (Å²) >= 11 is 1.46. The van der Waals surface area contributed by atoms with Crippen molar-refractivity contribution in [2.75, 3.05) is 0 Å². The van der Waals surface area contributed by atoms with Crippen molar-refractivity contribution in [2.24, 2.45) is 0 Å². The molecule has 0 unspecified atom stereocenters. The van der Waals surface area contributed by atoms with E-state index in [-0.39, 0.29) is 0 Å². The van der Waals surface area contributed by atoms with Crippen molar-refractivity contribution in [3.05, 3.63) is 149 Å². The molecule has 0 amide bonds. The normalized spacial score (nSPS) is 12.3. The van der Waals surface area contributed by atoms with E-state index in [1.165, 1.54) is 82.4 Å². The summed E-state index contributed by atoms with van der Waals surface area (Å²) in [6.07, 6.45) is 8.63. The number of fused-ring (bicyclic) bond motifs is 3. The number of hydrogen-bond donors (Lipinski definition) is 0. The van der Waals surface area contributed by atoms with Crippen LogP contribution in [0.15, 0.2) is 120 Å². The Hall–Kier alpha value is -3.02. The first-order chi connectivity index (χ1) is 18.5. The Labute approximate surface area is 243 Å². The molecule has 0 nitrogen and oxygen atoms in total. The van der Waals surface area contributed by atoms with Gasteiger partial charge in [0, 0.05) is 0 Å². The minimum absolute atomic E-state index is 1.05. The second kappa shape index (κ2) is 13.7. The van der Waals surface area contributed by atoms with Crippen molar-refractivity contribution in [1.29, 1.82) is 0 Å². The quantitative estimate of drug-likeness (QED) is 0.188. The molecule has 0 atom stereocenters. The first kappa shape index (κ1) is 28.0. The second-order valence-electron chi connectivity index (χ2n) is 9.83. The molecule has 6 rings (SSSR count). The molecule has 0 saturated heterocycles. The molecule has 0 bridgehead atoms. The number of rotatable bonds is 4. The molecule has 0 aliphatic heterocycles. The summed E-state index contributed by atoms with van der Waals surface area (Å²) in [7, 11) is 0. The molecule has 5 aromatic rings. The molecule has 1 heteroatoms. The molecule has 1 aliphatic rings. The number of aryl methyl sites for hydroxylation is 2. The summed E-state index contributed by atoms with van der Waals surface area (Å²) in [6.45, 7) is 8.62. The van der Waals surface area contributed by atoms with E-state index in [4.69, 9.17) is 0 Å². The summed E-state index contributed by atoms with van der Waals surface area (Å²) in [6, 6.07) is 37.1. The van der Waals surface area contributed by atoms with Crippen LogP contribution in [0.5, 0.6) is 0 Å². The topological polar surface area (TPSA) is 0 Å². The molecule has 5 aromatic carbocycles. The Morgan fingerprint density at radius 2 is 1.18 bits per heavy atom. The van der Waals surface area contributed by atoms with Crippen molar-refractivity contribution in [3.8, 4) is 0 Å². The van der Waals surface area contributed by atoms with Crippen LogP contribution >= 0.6 is 0 Å². The van der Waals surface area contributed by atoms with E-state index in [0.717, 1.165) is 19.3 Å². The molecule has 38 heavy (non-hydrogen) atoms. The summed E-state index contributed by atoms with van der Waals surface area (Å²) in [4.78, 5) is 0. The molecule has 188 valence electrons. The third kappa shape index (κ3) is 7.30. The summed E-state index contributed by atoms with van der Waals surface area (Å²) in [5, 5.41) is 5.54. The molecule has 0 N–H and O–H groups in total. The fourth-order valence-corrected chi connectivity index (χ4v) is 5.51. The van der Waals surface area contributed by atoms with Gasteiger partial charge in [-0.25, -0.2) is 11.6 Å². The Balaban J connectivity index is 0.000000144. The van der Waals surface area contributed by atoms with Crippen LogP contribution in [0, 0.1) is 6.08 Å². The molecule has 0 heterocycles. The average Bonchev–Trinajstić information content (AvgIpc) is 3.54. The predicted octanol–water partition coefficient (Wildman–Crippen LogP) is 9.72. The number of allylic oxidation sites excluding steroid dienone is 4.